The second-order valence-electron chi connectivity index (χ2n) is 4.36. The molecule has 1 aromatic heterocycles. The van der Waals surface area contributed by atoms with Crippen molar-refractivity contribution in [2.75, 3.05) is 0 Å². The fraction of sp³-hybridized carbons (Fsp3) is 0. The minimum atomic E-state index is -0.329. The Kier molecular flexibility index (Phi) is 3.52. The van der Waals surface area contributed by atoms with Crippen LogP contribution in [0.1, 0.15) is 5.76 Å². The first kappa shape index (κ1) is 12.9. The fourth-order valence-electron chi connectivity index (χ4n) is 2.24. The Morgan fingerprint density at radius 3 is 2.50 bits per heavy atom. The van der Waals surface area contributed by atoms with E-state index < -0.39 is 0 Å². The molecule has 0 amide bonds. The van der Waals surface area contributed by atoms with Crippen molar-refractivity contribution in [2.45, 2.75) is 0 Å². The largest absolute Gasteiger partial charge is 0.423 e. The summed E-state index contributed by atoms with van der Waals surface area (Å²) in [6.07, 6.45) is 1.69. The molecule has 0 saturated carbocycles. The van der Waals surface area contributed by atoms with Gasteiger partial charge in [-0.05, 0) is 39.5 Å². The molecule has 0 radical (unpaired) electrons. The van der Waals surface area contributed by atoms with Gasteiger partial charge in [0.25, 0.3) is 0 Å². The summed E-state index contributed by atoms with van der Waals surface area (Å²) in [6.45, 7) is 0. The number of hydrogen-bond acceptors (Lipinski definition) is 2. The van der Waals surface area contributed by atoms with Gasteiger partial charge < -0.3 is 4.42 Å². The lowest BCUT2D eigenvalue weighted by atomic mass is 9.99. The van der Waals surface area contributed by atoms with Crippen molar-refractivity contribution in [2.24, 2.45) is 0 Å². The Labute approximate surface area is 124 Å². The highest BCUT2D eigenvalue weighted by molar-refractivity contribution is 9.11. The van der Waals surface area contributed by atoms with E-state index in [1.54, 1.807) is 23.2 Å². The number of rotatable bonds is 2. The van der Waals surface area contributed by atoms with E-state index in [1.807, 2.05) is 42.5 Å². The van der Waals surface area contributed by atoms with Crippen LogP contribution in [0.2, 0.25) is 0 Å². The average Bonchev–Trinajstić information content (AvgIpc) is 2.47. The molecule has 2 nitrogen and oxygen atoms in total. The van der Waals surface area contributed by atoms with Crippen molar-refractivity contribution in [1.82, 2.24) is 0 Å². The van der Waals surface area contributed by atoms with Gasteiger partial charge in [0, 0.05) is 0 Å². The van der Waals surface area contributed by atoms with Crippen molar-refractivity contribution in [1.29, 1.82) is 0 Å². The summed E-state index contributed by atoms with van der Waals surface area (Å²) >= 11 is 3.16. The number of hydrogen-bond donors (Lipinski definition) is 0. The summed E-state index contributed by atoms with van der Waals surface area (Å²) in [4.78, 5) is 13.8. The van der Waals surface area contributed by atoms with Crippen molar-refractivity contribution < 1.29 is 4.42 Å². The lowest BCUT2D eigenvalue weighted by Crippen LogP contribution is -2.03. The molecule has 20 heavy (non-hydrogen) atoms. The summed E-state index contributed by atoms with van der Waals surface area (Å²) < 4.78 is 5.28. The molecule has 0 aliphatic heterocycles. The van der Waals surface area contributed by atoms with Gasteiger partial charge in [-0.25, -0.2) is 4.79 Å². The first-order valence-corrected chi connectivity index (χ1v) is 7.10. The molecule has 0 aliphatic rings. The van der Waals surface area contributed by atoms with Crippen LogP contribution in [0.3, 0.4) is 0 Å². The Bertz CT molecular complexity index is 841. The maximum atomic E-state index is 12.1. The van der Waals surface area contributed by atoms with Crippen LogP contribution in [0.4, 0.5) is 0 Å². The molecule has 3 heteroatoms. The van der Waals surface area contributed by atoms with Crippen molar-refractivity contribution in [3.05, 3.63) is 75.8 Å². The van der Waals surface area contributed by atoms with E-state index in [9.17, 15) is 4.79 Å². The third kappa shape index (κ3) is 2.32. The van der Waals surface area contributed by atoms with Gasteiger partial charge in [-0.1, -0.05) is 58.4 Å². The Morgan fingerprint density at radius 1 is 0.900 bits per heavy atom. The normalized spacial score (nSPS) is 11.2. The molecule has 0 N–H and O–H groups in total. The molecule has 1 heterocycles. The van der Waals surface area contributed by atoms with E-state index in [0.29, 0.717) is 11.3 Å². The van der Waals surface area contributed by atoms with Gasteiger partial charge in [0.2, 0.25) is 0 Å². The lowest BCUT2D eigenvalue weighted by molar-refractivity contribution is 0.503. The molecule has 0 atom stereocenters. The maximum absolute atomic E-state index is 12.1. The van der Waals surface area contributed by atoms with Crippen LogP contribution in [0.15, 0.2) is 68.8 Å². The molecule has 3 aromatic rings. The average molecular weight is 327 g/mol. The van der Waals surface area contributed by atoms with Crippen LogP contribution in [0, 0.1) is 0 Å². The number of halogens is 1. The van der Waals surface area contributed by atoms with Crippen LogP contribution in [-0.2, 0) is 0 Å². The SMILES string of the molecule is O=c1oc(/C=C/Br)ccc1-c1cccc2ccccc12. The third-order valence-electron chi connectivity index (χ3n) is 3.15. The molecule has 0 unspecified atom stereocenters. The monoisotopic (exact) mass is 326 g/mol. The van der Waals surface area contributed by atoms with Crippen molar-refractivity contribution in [3.8, 4) is 11.1 Å². The topological polar surface area (TPSA) is 30.2 Å². The molecule has 98 valence electrons. The quantitative estimate of drug-likeness (QED) is 0.675. The van der Waals surface area contributed by atoms with Gasteiger partial charge in [-0.3, -0.25) is 0 Å². The Balaban J connectivity index is 2.24. The van der Waals surface area contributed by atoms with Crippen LogP contribution >= 0.6 is 15.9 Å². The minimum Gasteiger partial charge on any atom is -0.423 e. The molecular formula is C17H11BrO2. The highest BCUT2D eigenvalue weighted by Crippen LogP contribution is 2.26. The second-order valence-corrected chi connectivity index (χ2v) is 4.89. The highest BCUT2D eigenvalue weighted by Gasteiger charge is 2.08. The van der Waals surface area contributed by atoms with Crippen molar-refractivity contribution in [3.63, 3.8) is 0 Å². The fourth-order valence-corrected chi connectivity index (χ4v) is 2.50. The van der Waals surface area contributed by atoms with E-state index in [0.717, 1.165) is 16.3 Å². The van der Waals surface area contributed by atoms with Gasteiger partial charge in [0.15, 0.2) is 0 Å². The first-order chi connectivity index (χ1) is 9.79. The van der Waals surface area contributed by atoms with Crippen LogP contribution in [0.25, 0.3) is 28.0 Å². The summed E-state index contributed by atoms with van der Waals surface area (Å²) in [5.74, 6) is 0.524. The zero-order valence-electron chi connectivity index (χ0n) is 10.5. The summed E-state index contributed by atoms with van der Waals surface area (Å²) in [7, 11) is 0. The van der Waals surface area contributed by atoms with Gasteiger partial charge in [-0.2, -0.15) is 0 Å². The summed E-state index contributed by atoms with van der Waals surface area (Å²) in [5.41, 5.74) is 1.14. The predicted molar refractivity (Wildman–Crippen MR) is 85.9 cm³/mol. The molecule has 0 spiro atoms. The molecule has 0 saturated heterocycles. The highest BCUT2D eigenvalue weighted by atomic mass is 79.9. The molecule has 0 aliphatic carbocycles. The van der Waals surface area contributed by atoms with E-state index in [2.05, 4.69) is 15.9 Å². The Morgan fingerprint density at radius 2 is 1.70 bits per heavy atom. The maximum Gasteiger partial charge on any atom is 0.344 e. The van der Waals surface area contributed by atoms with E-state index in [1.165, 1.54) is 0 Å². The standard InChI is InChI=1S/C17H11BrO2/c18-11-10-13-8-9-16(17(19)20-13)15-7-3-5-12-4-1-2-6-14(12)15/h1-11H/b11-10+. The molecule has 0 bridgehead atoms. The molecular weight excluding hydrogens is 316 g/mol. The van der Waals surface area contributed by atoms with E-state index in [-0.39, 0.29) is 5.63 Å². The summed E-state index contributed by atoms with van der Waals surface area (Å²) in [5, 5.41) is 2.15. The molecule has 3 rings (SSSR count). The smallest absolute Gasteiger partial charge is 0.344 e. The zero-order chi connectivity index (χ0) is 13.9. The van der Waals surface area contributed by atoms with Crippen LogP contribution in [-0.4, -0.2) is 0 Å². The molecule has 2 aromatic carbocycles. The van der Waals surface area contributed by atoms with Crippen molar-refractivity contribution >= 4 is 32.8 Å². The third-order valence-corrected chi connectivity index (χ3v) is 3.42. The van der Waals surface area contributed by atoms with E-state index >= 15 is 0 Å². The van der Waals surface area contributed by atoms with Gasteiger partial charge in [0.05, 0.1) is 5.56 Å². The van der Waals surface area contributed by atoms with Crippen LogP contribution < -0.4 is 5.63 Å². The predicted octanol–water partition coefficient (Wildman–Crippen LogP) is 4.83. The minimum absolute atomic E-state index is 0.329. The summed E-state index contributed by atoms with van der Waals surface area (Å²) in [6, 6.07) is 17.5. The van der Waals surface area contributed by atoms with E-state index in [4.69, 9.17) is 4.42 Å². The molecule has 0 fully saturated rings. The van der Waals surface area contributed by atoms with Gasteiger partial charge in [0.1, 0.15) is 5.76 Å². The second kappa shape index (κ2) is 5.47. The Hall–Kier alpha value is -2.13. The van der Waals surface area contributed by atoms with Crippen LogP contribution in [0.5, 0.6) is 0 Å². The lowest BCUT2D eigenvalue weighted by Gasteiger charge is -2.05. The number of fused-ring (bicyclic) bond motifs is 1. The van der Waals surface area contributed by atoms with Gasteiger partial charge >= 0.3 is 5.63 Å². The first-order valence-electron chi connectivity index (χ1n) is 6.18. The van der Waals surface area contributed by atoms with Gasteiger partial charge in [-0.15, -0.1) is 0 Å². The zero-order valence-corrected chi connectivity index (χ0v) is 12.1. The number of benzene rings is 2.